The lowest BCUT2D eigenvalue weighted by atomic mass is 9.88. The second-order valence-corrected chi connectivity index (χ2v) is 9.53. The van der Waals surface area contributed by atoms with Crippen LogP contribution in [0.1, 0.15) is 72.3 Å². The van der Waals surface area contributed by atoms with Crippen LogP contribution >= 0.6 is 0 Å². The maximum absolute atomic E-state index is 14.4. The largest absolute Gasteiger partial charge is 0.356 e. The van der Waals surface area contributed by atoms with Gasteiger partial charge in [-0.05, 0) is 42.5 Å². The summed E-state index contributed by atoms with van der Waals surface area (Å²) >= 11 is 0. The first kappa shape index (κ1) is 25.6. The number of hydrogen-bond donors (Lipinski definition) is 1. The Kier molecular flexibility index (Phi) is 9.26. The van der Waals surface area contributed by atoms with E-state index >= 15 is 0 Å². The number of rotatable bonds is 10. The Balaban J connectivity index is 1.36. The predicted molar refractivity (Wildman–Crippen MR) is 141 cm³/mol. The lowest BCUT2D eigenvalue weighted by Crippen LogP contribution is -2.43. The molecule has 0 heterocycles. The number of benzene rings is 3. The van der Waals surface area contributed by atoms with Crippen molar-refractivity contribution in [2.75, 3.05) is 13.1 Å². The molecule has 3 aromatic carbocycles. The molecule has 4 nitrogen and oxygen atoms in total. The highest BCUT2D eigenvalue weighted by molar-refractivity contribution is 5.95. The minimum Gasteiger partial charge on any atom is -0.356 e. The van der Waals surface area contributed by atoms with Gasteiger partial charge in [0.05, 0.1) is 5.56 Å². The van der Waals surface area contributed by atoms with Gasteiger partial charge in [0, 0.05) is 31.5 Å². The third-order valence-electron chi connectivity index (χ3n) is 7.12. The summed E-state index contributed by atoms with van der Waals surface area (Å²) in [5.74, 6) is -0.729. The number of nitrogens with zero attached hydrogens (tertiary/aromatic N) is 1. The van der Waals surface area contributed by atoms with E-state index in [0.29, 0.717) is 13.1 Å². The standard InChI is InChI=1S/C31H35FN2O2/c32-29-19-11-10-18-28(29)31(36)34(26-16-8-3-9-17-26)23-21-30(35)33-22-20-27(24-12-4-1-5-13-24)25-14-6-2-7-15-25/h1-2,4-7,10-15,18-19,26-27H,3,8-9,16-17,20-23H2,(H,33,35). The smallest absolute Gasteiger partial charge is 0.257 e. The summed E-state index contributed by atoms with van der Waals surface area (Å²) in [5, 5.41) is 3.05. The second-order valence-electron chi connectivity index (χ2n) is 9.53. The van der Waals surface area contributed by atoms with Crippen LogP contribution in [0.2, 0.25) is 0 Å². The molecule has 3 aromatic rings. The Labute approximate surface area is 213 Å². The van der Waals surface area contributed by atoms with E-state index in [-0.39, 0.29) is 35.8 Å². The molecule has 0 saturated heterocycles. The molecule has 1 aliphatic carbocycles. The Bertz CT molecular complexity index is 1070. The normalized spacial score (nSPS) is 13.9. The van der Waals surface area contributed by atoms with Crippen molar-refractivity contribution in [1.82, 2.24) is 10.2 Å². The van der Waals surface area contributed by atoms with Crippen molar-refractivity contribution in [2.45, 2.75) is 56.9 Å². The van der Waals surface area contributed by atoms with E-state index in [1.807, 2.05) is 36.4 Å². The van der Waals surface area contributed by atoms with Crippen LogP contribution in [-0.4, -0.2) is 35.8 Å². The number of nitrogens with one attached hydrogen (secondary N) is 1. The molecule has 1 aliphatic rings. The van der Waals surface area contributed by atoms with Crippen LogP contribution in [0.5, 0.6) is 0 Å². The average molecular weight is 487 g/mol. The minimum atomic E-state index is -0.513. The van der Waals surface area contributed by atoms with Gasteiger partial charge < -0.3 is 10.2 Å². The van der Waals surface area contributed by atoms with E-state index in [4.69, 9.17) is 0 Å². The van der Waals surface area contributed by atoms with Gasteiger partial charge in [0.25, 0.3) is 5.91 Å². The molecule has 1 N–H and O–H groups in total. The zero-order valence-electron chi connectivity index (χ0n) is 20.7. The van der Waals surface area contributed by atoms with Crippen LogP contribution in [0.3, 0.4) is 0 Å². The molecule has 0 aromatic heterocycles. The molecule has 2 amide bonds. The lowest BCUT2D eigenvalue weighted by Gasteiger charge is -2.34. The fourth-order valence-electron chi connectivity index (χ4n) is 5.19. The van der Waals surface area contributed by atoms with E-state index in [1.165, 1.54) is 23.3 Å². The average Bonchev–Trinajstić information content (AvgIpc) is 2.93. The maximum Gasteiger partial charge on any atom is 0.257 e. The van der Waals surface area contributed by atoms with Gasteiger partial charge in [0.15, 0.2) is 0 Å². The highest BCUT2D eigenvalue weighted by Crippen LogP contribution is 2.28. The summed E-state index contributed by atoms with van der Waals surface area (Å²) in [6.07, 6.45) is 6.05. The molecule has 4 rings (SSSR count). The molecule has 0 atom stereocenters. The Hall–Kier alpha value is -3.47. The van der Waals surface area contributed by atoms with Gasteiger partial charge in [0.2, 0.25) is 5.91 Å². The van der Waals surface area contributed by atoms with Crippen molar-refractivity contribution in [3.8, 4) is 0 Å². The molecule has 0 radical (unpaired) electrons. The van der Waals surface area contributed by atoms with Crippen molar-refractivity contribution in [3.05, 3.63) is 107 Å². The van der Waals surface area contributed by atoms with E-state index in [9.17, 15) is 14.0 Å². The topological polar surface area (TPSA) is 49.4 Å². The number of carbonyl (C=O) groups excluding carboxylic acids is 2. The van der Waals surface area contributed by atoms with E-state index in [2.05, 4.69) is 29.6 Å². The van der Waals surface area contributed by atoms with Crippen LogP contribution in [0.15, 0.2) is 84.9 Å². The number of amides is 2. The SMILES string of the molecule is O=C(CCN(C(=O)c1ccccc1F)C1CCCCC1)NCCC(c1ccccc1)c1ccccc1. The Morgan fingerprint density at radius 1 is 0.833 bits per heavy atom. The highest BCUT2D eigenvalue weighted by Gasteiger charge is 2.28. The van der Waals surface area contributed by atoms with Gasteiger partial charge in [-0.15, -0.1) is 0 Å². The lowest BCUT2D eigenvalue weighted by molar-refractivity contribution is -0.121. The predicted octanol–water partition coefficient (Wildman–Crippen LogP) is 6.33. The fraction of sp³-hybridized carbons (Fsp3) is 0.355. The summed E-state index contributed by atoms with van der Waals surface area (Å²) < 4.78 is 14.4. The quantitative estimate of drug-likeness (QED) is 0.364. The number of carbonyl (C=O) groups is 2. The second kappa shape index (κ2) is 13.0. The van der Waals surface area contributed by atoms with Crippen molar-refractivity contribution >= 4 is 11.8 Å². The van der Waals surface area contributed by atoms with Crippen LogP contribution < -0.4 is 5.32 Å². The zero-order valence-corrected chi connectivity index (χ0v) is 20.7. The molecule has 1 saturated carbocycles. The summed E-state index contributed by atoms with van der Waals surface area (Å²) in [6, 6.07) is 26.8. The number of hydrogen-bond acceptors (Lipinski definition) is 2. The van der Waals surface area contributed by atoms with Crippen molar-refractivity contribution in [2.24, 2.45) is 0 Å². The van der Waals surface area contributed by atoms with Gasteiger partial charge in [0.1, 0.15) is 5.82 Å². The molecule has 36 heavy (non-hydrogen) atoms. The van der Waals surface area contributed by atoms with Gasteiger partial charge in [-0.2, -0.15) is 0 Å². The molecular formula is C31H35FN2O2. The third kappa shape index (κ3) is 6.81. The molecule has 5 heteroatoms. The first-order valence-corrected chi connectivity index (χ1v) is 13.1. The molecule has 0 unspecified atom stereocenters. The van der Waals surface area contributed by atoms with E-state index in [1.54, 1.807) is 17.0 Å². The minimum absolute atomic E-state index is 0.0548. The molecule has 0 bridgehead atoms. The number of halogens is 1. The third-order valence-corrected chi connectivity index (χ3v) is 7.12. The van der Waals surface area contributed by atoms with Gasteiger partial charge in [-0.25, -0.2) is 4.39 Å². The summed E-state index contributed by atoms with van der Waals surface area (Å²) in [6.45, 7) is 0.836. The van der Waals surface area contributed by atoms with Crippen molar-refractivity contribution < 1.29 is 14.0 Å². The molecule has 0 aliphatic heterocycles. The van der Waals surface area contributed by atoms with Crippen molar-refractivity contribution in [1.29, 1.82) is 0 Å². The Morgan fingerprint density at radius 2 is 1.42 bits per heavy atom. The first-order chi connectivity index (χ1) is 17.6. The first-order valence-electron chi connectivity index (χ1n) is 13.1. The van der Waals surface area contributed by atoms with E-state index < -0.39 is 5.82 Å². The molecular weight excluding hydrogens is 451 g/mol. The van der Waals surface area contributed by atoms with Gasteiger partial charge >= 0.3 is 0 Å². The van der Waals surface area contributed by atoms with Crippen LogP contribution in [0.25, 0.3) is 0 Å². The monoisotopic (exact) mass is 486 g/mol. The summed E-state index contributed by atoms with van der Waals surface area (Å²) in [7, 11) is 0. The summed E-state index contributed by atoms with van der Waals surface area (Å²) in [4.78, 5) is 27.8. The molecule has 0 spiro atoms. The molecule has 188 valence electrons. The fourth-order valence-corrected chi connectivity index (χ4v) is 5.19. The van der Waals surface area contributed by atoms with Crippen molar-refractivity contribution in [3.63, 3.8) is 0 Å². The van der Waals surface area contributed by atoms with Gasteiger partial charge in [-0.3, -0.25) is 9.59 Å². The molecule has 1 fully saturated rings. The van der Waals surface area contributed by atoms with Crippen LogP contribution in [0, 0.1) is 5.82 Å². The van der Waals surface area contributed by atoms with Gasteiger partial charge in [-0.1, -0.05) is 92.1 Å². The van der Waals surface area contributed by atoms with E-state index in [0.717, 1.165) is 38.5 Å². The van der Waals surface area contributed by atoms with Crippen LogP contribution in [-0.2, 0) is 4.79 Å². The zero-order chi connectivity index (χ0) is 25.2. The Morgan fingerprint density at radius 3 is 2.03 bits per heavy atom. The summed E-state index contributed by atoms with van der Waals surface area (Å²) in [5.41, 5.74) is 2.52. The highest BCUT2D eigenvalue weighted by atomic mass is 19.1. The van der Waals surface area contributed by atoms with Crippen LogP contribution in [0.4, 0.5) is 4.39 Å². The maximum atomic E-state index is 14.4.